The van der Waals surface area contributed by atoms with Gasteiger partial charge in [0, 0.05) is 12.8 Å². The van der Waals surface area contributed by atoms with Crippen LogP contribution in [-0.2, 0) is 38.1 Å². The molecule has 0 aromatic heterocycles. The van der Waals surface area contributed by atoms with Gasteiger partial charge in [0.15, 0.2) is 13.2 Å². The van der Waals surface area contributed by atoms with Crippen molar-refractivity contribution in [2.24, 2.45) is 0 Å². The molecule has 0 unspecified atom stereocenters. The molecule has 20 heavy (non-hydrogen) atoms. The maximum absolute atomic E-state index is 11.2. The average Bonchev–Trinajstić information content (AvgIpc) is 2.46. The highest BCUT2D eigenvalue weighted by molar-refractivity contribution is 5.77. The summed E-state index contributed by atoms with van der Waals surface area (Å²) >= 11 is 0. The Bertz CT molecular complexity index is 315. The average molecular weight is 290 g/mol. The SMILES string of the molecule is COC(=O)COC(=O)CCCCC(=O)OCC(=O)OC. The lowest BCUT2D eigenvalue weighted by Gasteiger charge is -2.04. The van der Waals surface area contributed by atoms with E-state index in [9.17, 15) is 19.2 Å². The van der Waals surface area contributed by atoms with Gasteiger partial charge in [0.05, 0.1) is 14.2 Å². The Hall–Kier alpha value is -2.12. The highest BCUT2D eigenvalue weighted by atomic mass is 16.6. The molecule has 0 aromatic carbocycles. The Labute approximate surface area is 116 Å². The van der Waals surface area contributed by atoms with Gasteiger partial charge in [0.25, 0.3) is 0 Å². The summed E-state index contributed by atoms with van der Waals surface area (Å²) in [6.45, 7) is -0.840. The van der Waals surface area contributed by atoms with E-state index in [2.05, 4.69) is 18.9 Å². The van der Waals surface area contributed by atoms with Crippen LogP contribution < -0.4 is 0 Å². The Kier molecular flexibility index (Phi) is 9.63. The number of rotatable bonds is 9. The van der Waals surface area contributed by atoms with Gasteiger partial charge in [-0.25, -0.2) is 9.59 Å². The lowest BCUT2D eigenvalue weighted by molar-refractivity contribution is -0.157. The third-order valence-corrected chi connectivity index (χ3v) is 2.17. The van der Waals surface area contributed by atoms with E-state index in [0.29, 0.717) is 12.8 Å². The minimum absolute atomic E-state index is 0.0846. The fourth-order valence-electron chi connectivity index (χ4n) is 1.08. The first-order chi connectivity index (χ1) is 9.49. The summed E-state index contributed by atoms with van der Waals surface area (Å²) in [5.74, 6) is -2.36. The molecule has 0 aromatic rings. The van der Waals surface area contributed by atoms with Gasteiger partial charge in [-0.15, -0.1) is 0 Å². The number of carbonyl (C=O) groups is 4. The van der Waals surface area contributed by atoms with Crippen molar-refractivity contribution in [3.8, 4) is 0 Å². The second-order valence-electron chi connectivity index (χ2n) is 3.68. The van der Waals surface area contributed by atoms with E-state index in [4.69, 9.17) is 0 Å². The van der Waals surface area contributed by atoms with Gasteiger partial charge in [-0.3, -0.25) is 9.59 Å². The van der Waals surface area contributed by atoms with Gasteiger partial charge in [-0.2, -0.15) is 0 Å². The fraction of sp³-hybridized carbons (Fsp3) is 0.667. The van der Waals surface area contributed by atoms with E-state index < -0.39 is 37.1 Å². The second-order valence-corrected chi connectivity index (χ2v) is 3.68. The van der Waals surface area contributed by atoms with Crippen LogP contribution in [0.25, 0.3) is 0 Å². The molecule has 0 saturated carbocycles. The molecular weight excluding hydrogens is 272 g/mol. The number of unbranched alkanes of at least 4 members (excludes halogenated alkanes) is 1. The van der Waals surface area contributed by atoms with Crippen molar-refractivity contribution in [1.82, 2.24) is 0 Å². The summed E-state index contributed by atoms with van der Waals surface area (Å²) in [5, 5.41) is 0. The van der Waals surface area contributed by atoms with Crippen molar-refractivity contribution in [3.63, 3.8) is 0 Å². The van der Waals surface area contributed by atoms with Crippen LogP contribution in [0.3, 0.4) is 0 Å². The molecule has 0 aliphatic rings. The summed E-state index contributed by atoms with van der Waals surface area (Å²) in [4.78, 5) is 43.7. The third-order valence-electron chi connectivity index (χ3n) is 2.17. The van der Waals surface area contributed by atoms with Crippen LogP contribution in [0.4, 0.5) is 0 Å². The highest BCUT2D eigenvalue weighted by Gasteiger charge is 2.09. The van der Waals surface area contributed by atoms with Crippen LogP contribution in [0.15, 0.2) is 0 Å². The molecule has 0 amide bonds. The molecule has 0 rings (SSSR count). The van der Waals surface area contributed by atoms with Gasteiger partial charge < -0.3 is 18.9 Å². The summed E-state index contributed by atoms with van der Waals surface area (Å²) in [7, 11) is 2.38. The molecule has 8 nitrogen and oxygen atoms in total. The molecule has 0 N–H and O–H groups in total. The number of hydrogen-bond donors (Lipinski definition) is 0. The summed E-state index contributed by atoms with van der Waals surface area (Å²) in [5.41, 5.74) is 0. The summed E-state index contributed by atoms with van der Waals surface area (Å²) in [6, 6.07) is 0. The number of ether oxygens (including phenoxy) is 4. The lowest BCUT2D eigenvalue weighted by Crippen LogP contribution is -2.15. The van der Waals surface area contributed by atoms with E-state index in [1.54, 1.807) is 0 Å². The van der Waals surface area contributed by atoms with Crippen LogP contribution in [0.5, 0.6) is 0 Å². The zero-order valence-electron chi connectivity index (χ0n) is 11.5. The van der Waals surface area contributed by atoms with Gasteiger partial charge in [-0.05, 0) is 12.8 Å². The molecule has 0 radical (unpaired) electrons. The topological polar surface area (TPSA) is 105 Å². The summed E-state index contributed by atoms with van der Waals surface area (Å²) in [6.07, 6.45) is 0.989. The number of esters is 4. The highest BCUT2D eigenvalue weighted by Crippen LogP contribution is 2.03. The largest absolute Gasteiger partial charge is 0.466 e. The van der Waals surface area contributed by atoms with Gasteiger partial charge in [0.1, 0.15) is 0 Å². The third kappa shape index (κ3) is 9.86. The first kappa shape index (κ1) is 17.9. The van der Waals surface area contributed by atoms with Gasteiger partial charge >= 0.3 is 23.9 Å². The van der Waals surface area contributed by atoms with Crippen molar-refractivity contribution in [1.29, 1.82) is 0 Å². The predicted octanol–water partition coefficient (Wildman–Crippen LogP) is -0.0208. The van der Waals surface area contributed by atoms with Crippen LogP contribution in [-0.4, -0.2) is 51.3 Å². The Morgan fingerprint density at radius 3 is 1.30 bits per heavy atom. The Morgan fingerprint density at radius 1 is 0.650 bits per heavy atom. The van der Waals surface area contributed by atoms with Gasteiger partial charge in [0.2, 0.25) is 0 Å². The maximum atomic E-state index is 11.2. The standard InChI is InChI=1S/C12H18O8/c1-17-11(15)7-19-9(13)5-3-4-6-10(14)20-8-12(16)18-2/h3-8H2,1-2H3. The summed E-state index contributed by atoms with van der Waals surface area (Å²) < 4.78 is 17.8. The number of hydrogen-bond acceptors (Lipinski definition) is 8. The first-order valence-corrected chi connectivity index (χ1v) is 5.94. The molecule has 0 fully saturated rings. The normalized spacial score (nSPS) is 9.50. The molecule has 0 aliphatic heterocycles. The molecule has 0 atom stereocenters. The fourth-order valence-corrected chi connectivity index (χ4v) is 1.08. The Balaban J connectivity index is 3.55. The minimum atomic E-state index is -0.635. The van der Waals surface area contributed by atoms with Crippen LogP contribution in [0.1, 0.15) is 25.7 Å². The van der Waals surface area contributed by atoms with E-state index >= 15 is 0 Å². The zero-order chi connectivity index (χ0) is 15.4. The molecule has 0 spiro atoms. The van der Waals surface area contributed by atoms with Crippen LogP contribution >= 0.6 is 0 Å². The molecule has 0 bridgehead atoms. The zero-order valence-corrected chi connectivity index (χ0v) is 11.5. The van der Waals surface area contributed by atoms with E-state index in [1.165, 1.54) is 14.2 Å². The van der Waals surface area contributed by atoms with E-state index in [0.717, 1.165) is 0 Å². The van der Waals surface area contributed by atoms with E-state index in [1.807, 2.05) is 0 Å². The molecule has 8 heteroatoms. The Morgan fingerprint density at radius 2 is 1.00 bits per heavy atom. The van der Waals surface area contributed by atoms with Gasteiger partial charge in [-0.1, -0.05) is 0 Å². The second kappa shape index (κ2) is 10.8. The molecule has 0 aliphatic carbocycles. The molecular formula is C12H18O8. The monoisotopic (exact) mass is 290 g/mol. The molecule has 114 valence electrons. The minimum Gasteiger partial charge on any atom is -0.466 e. The maximum Gasteiger partial charge on any atom is 0.344 e. The lowest BCUT2D eigenvalue weighted by atomic mass is 10.2. The van der Waals surface area contributed by atoms with Crippen molar-refractivity contribution < 1.29 is 38.1 Å². The van der Waals surface area contributed by atoms with Crippen LogP contribution in [0, 0.1) is 0 Å². The van der Waals surface area contributed by atoms with E-state index in [-0.39, 0.29) is 12.8 Å². The predicted molar refractivity (Wildman–Crippen MR) is 64.4 cm³/mol. The van der Waals surface area contributed by atoms with Crippen molar-refractivity contribution in [2.45, 2.75) is 25.7 Å². The number of carbonyl (C=O) groups excluding carboxylic acids is 4. The molecule has 0 saturated heterocycles. The van der Waals surface area contributed by atoms with Crippen molar-refractivity contribution >= 4 is 23.9 Å². The first-order valence-electron chi connectivity index (χ1n) is 5.94. The van der Waals surface area contributed by atoms with Crippen LogP contribution in [0.2, 0.25) is 0 Å². The molecule has 0 heterocycles. The quantitative estimate of drug-likeness (QED) is 0.331. The number of methoxy groups -OCH3 is 2. The van der Waals surface area contributed by atoms with Crippen molar-refractivity contribution in [2.75, 3.05) is 27.4 Å². The van der Waals surface area contributed by atoms with Crippen molar-refractivity contribution in [3.05, 3.63) is 0 Å². The smallest absolute Gasteiger partial charge is 0.344 e.